The predicted octanol–water partition coefficient (Wildman–Crippen LogP) is 4.74. The monoisotopic (exact) mass is 309 g/mol. The fraction of sp³-hybridized carbons (Fsp3) is 0.333. The number of allylic oxidation sites excluding steroid dienone is 2. The third kappa shape index (κ3) is 2.91. The van der Waals surface area contributed by atoms with Crippen LogP contribution in [0.5, 0.6) is 0 Å². The summed E-state index contributed by atoms with van der Waals surface area (Å²) in [7, 11) is 0. The van der Waals surface area contributed by atoms with Gasteiger partial charge < -0.3 is 0 Å². The number of hydrogen-bond donors (Lipinski definition) is 0. The second-order valence-corrected chi connectivity index (χ2v) is 6.24. The smallest absolute Gasteiger partial charge is 0.262 e. The highest BCUT2D eigenvalue weighted by molar-refractivity contribution is 7.99. The van der Waals surface area contributed by atoms with Crippen LogP contribution in [0.2, 0.25) is 0 Å². The van der Waals surface area contributed by atoms with Gasteiger partial charge in [-0.15, -0.1) is 11.8 Å². The van der Waals surface area contributed by atoms with Crippen LogP contribution in [-0.4, -0.2) is 15.7 Å². The van der Waals surface area contributed by atoms with Crippen LogP contribution in [0.1, 0.15) is 25.3 Å². The second kappa shape index (κ2) is 6.46. The largest absolute Gasteiger partial charge is 0.339 e. The summed E-state index contributed by atoms with van der Waals surface area (Å²) in [6, 6.07) is 7.74. The maximum atomic E-state index is 11.4. The van der Waals surface area contributed by atoms with E-state index in [-0.39, 0.29) is 0 Å². The molecule has 0 spiro atoms. The number of nitrogens with zero attached hydrogens (tertiary/aromatic N) is 1. The van der Waals surface area contributed by atoms with Crippen LogP contribution in [0.3, 0.4) is 0 Å². The van der Waals surface area contributed by atoms with Gasteiger partial charge in [0, 0.05) is 11.0 Å². The minimum absolute atomic E-state index is 0.433. The Balaban J connectivity index is 2.44. The molecule has 1 aromatic rings. The molecule has 0 N–H and O–H groups in total. The SMILES string of the molecule is CCCSc1ccccc1C1=CCC=CC1(Cl)[N+](=O)[O-]. The number of halogens is 1. The summed E-state index contributed by atoms with van der Waals surface area (Å²) in [4.78, 5) is 10.3. The normalized spacial score (nSPS) is 21.6. The summed E-state index contributed by atoms with van der Waals surface area (Å²) < 4.78 is 0. The van der Waals surface area contributed by atoms with Crippen molar-refractivity contribution in [2.45, 2.75) is 29.7 Å². The zero-order chi connectivity index (χ0) is 14.6. The van der Waals surface area contributed by atoms with Crippen LogP contribution >= 0.6 is 23.4 Å². The number of rotatable bonds is 5. The summed E-state index contributed by atoms with van der Waals surface area (Å²) in [5.41, 5.74) is 1.44. The first-order chi connectivity index (χ1) is 9.59. The Hall–Kier alpha value is -1.26. The van der Waals surface area contributed by atoms with Gasteiger partial charge in [-0.3, -0.25) is 10.1 Å². The van der Waals surface area contributed by atoms with E-state index in [4.69, 9.17) is 11.6 Å². The molecule has 0 fully saturated rings. The fourth-order valence-corrected chi connectivity index (χ4v) is 3.33. The van der Waals surface area contributed by atoms with Gasteiger partial charge in [-0.05, 0) is 41.8 Å². The first-order valence-corrected chi connectivity index (χ1v) is 7.90. The van der Waals surface area contributed by atoms with E-state index in [0.717, 1.165) is 22.6 Å². The molecule has 1 aromatic carbocycles. The summed E-state index contributed by atoms with van der Waals surface area (Å²) in [5.74, 6) is 0.980. The van der Waals surface area contributed by atoms with Crippen LogP contribution in [0, 0.1) is 10.1 Å². The molecule has 0 heterocycles. The molecule has 20 heavy (non-hydrogen) atoms. The first-order valence-electron chi connectivity index (χ1n) is 6.53. The number of hydrogen-bond acceptors (Lipinski definition) is 3. The Morgan fingerprint density at radius 2 is 2.20 bits per heavy atom. The Morgan fingerprint density at radius 3 is 2.90 bits per heavy atom. The molecular weight excluding hydrogens is 294 g/mol. The highest BCUT2D eigenvalue weighted by Crippen LogP contribution is 2.41. The van der Waals surface area contributed by atoms with Gasteiger partial charge in [0.15, 0.2) is 0 Å². The lowest BCUT2D eigenvalue weighted by atomic mass is 9.93. The molecular formula is C15H16ClNO2S. The van der Waals surface area contributed by atoms with Crippen LogP contribution in [0.15, 0.2) is 47.4 Å². The van der Waals surface area contributed by atoms with Gasteiger partial charge in [0.1, 0.15) is 0 Å². The van der Waals surface area contributed by atoms with E-state index in [0.29, 0.717) is 12.0 Å². The first kappa shape index (κ1) is 15.1. The minimum atomic E-state index is -1.65. The molecule has 1 aliphatic rings. The molecule has 1 atom stereocenters. The van der Waals surface area contributed by atoms with Gasteiger partial charge in [0.05, 0.1) is 10.5 Å². The predicted molar refractivity (Wildman–Crippen MR) is 84.8 cm³/mol. The van der Waals surface area contributed by atoms with Crippen molar-refractivity contribution in [3.8, 4) is 0 Å². The summed E-state index contributed by atoms with van der Waals surface area (Å²) in [6.07, 6.45) is 6.79. The Bertz CT molecular complexity index is 571. The Kier molecular flexibility index (Phi) is 4.89. The molecule has 0 saturated heterocycles. The summed E-state index contributed by atoms with van der Waals surface area (Å²) in [6.45, 7) is 2.11. The van der Waals surface area contributed by atoms with Crippen molar-refractivity contribution in [2.24, 2.45) is 0 Å². The topological polar surface area (TPSA) is 43.1 Å². The quantitative estimate of drug-likeness (QED) is 0.197. The molecule has 2 rings (SSSR count). The number of thioether (sulfide) groups is 1. The van der Waals surface area contributed by atoms with Crippen molar-refractivity contribution >= 4 is 28.9 Å². The Morgan fingerprint density at radius 1 is 1.45 bits per heavy atom. The van der Waals surface area contributed by atoms with Crippen LogP contribution in [0.4, 0.5) is 0 Å². The van der Waals surface area contributed by atoms with Gasteiger partial charge in [-0.1, -0.05) is 37.3 Å². The number of nitro groups is 1. The average Bonchev–Trinajstić information content (AvgIpc) is 2.46. The van der Waals surface area contributed by atoms with Crippen molar-refractivity contribution in [1.82, 2.24) is 0 Å². The van der Waals surface area contributed by atoms with Crippen molar-refractivity contribution < 1.29 is 4.92 Å². The van der Waals surface area contributed by atoms with Gasteiger partial charge in [0.25, 0.3) is 0 Å². The summed E-state index contributed by atoms with van der Waals surface area (Å²) in [5, 5.41) is 11.4. The molecule has 0 aromatic heterocycles. The van der Waals surface area contributed by atoms with Crippen molar-refractivity contribution in [3.63, 3.8) is 0 Å². The van der Waals surface area contributed by atoms with Gasteiger partial charge >= 0.3 is 5.00 Å². The maximum Gasteiger partial charge on any atom is 0.339 e. The lowest BCUT2D eigenvalue weighted by molar-refractivity contribution is -0.511. The standard InChI is InChI=1S/C15H16ClNO2S/c1-2-11-20-14-9-4-3-7-12(14)13-8-5-6-10-15(13,16)17(18)19/h3-4,6-10H,2,5,11H2,1H3. The average molecular weight is 310 g/mol. The number of alkyl halides is 1. The third-order valence-electron chi connectivity index (χ3n) is 3.08. The lowest BCUT2D eigenvalue weighted by Gasteiger charge is -2.23. The zero-order valence-corrected chi connectivity index (χ0v) is 12.8. The van der Waals surface area contributed by atoms with E-state index in [1.54, 1.807) is 17.8 Å². The highest BCUT2D eigenvalue weighted by atomic mass is 35.5. The van der Waals surface area contributed by atoms with Crippen molar-refractivity contribution in [2.75, 3.05) is 5.75 Å². The van der Waals surface area contributed by atoms with E-state index < -0.39 is 9.92 Å². The van der Waals surface area contributed by atoms with Gasteiger partial charge in [0.2, 0.25) is 0 Å². The molecule has 5 heteroatoms. The lowest BCUT2D eigenvalue weighted by Crippen LogP contribution is -2.32. The molecule has 0 saturated carbocycles. The minimum Gasteiger partial charge on any atom is -0.262 e. The fourth-order valence-electron chi connectivity index (χ4n) is 2.13. The van der Waals surface area contributed by atoms with Crippen molar-refractivity contribution in [1.29, 1.82) is 0 Å². The highest BCUT2D eigenvalue weighted by Gasteiger charge is 2.44. The third-order valence-corrected chi connectivity index (χ3v) is 4.83. The molecule has 0 bridgehead atoms. The molecule has 1 aliphatic carbocycles. The zero-order valence-electron chi connectivity index (χ0n) is 11.2. The van der Waals surface area contributed by atoms with E-state index >= 15 is 0 Å². The van der Waals surface area contributed by atoms with E-state index in [9.17, 15) is 10.1 Å². The maximum absolute atomic E-state index is 11.4. The molecule has 0 amide bonds. The van der Waals surface area contributed by atoms with Crippen LogP contribution in [-0.2, 0) is 0 Å². The van der Waals surface area contributed by atoms with Gasteiger partial charge in [-0.2, -0.15) is 0 Å². The van der Waals surface area contributed by atoms with E-state index in [1.165, 1.54) is 6.08 Å². The van der Waals surface area contributed by atoms with E-state index in [2.05, 4.69) is 6.92 Å². The molecule has 3 nitrogen and oxygen atoms in total. The van der Waals surface area contributed by atoms with E-state index in [1.807, 2.05) is 30.3 Å². The summed E-state index contributed by atoms with van der Waals surface area (Å²) >= 11 is 7.96. The molecule has 0 radical (unpaired) electrons. The van der Waals surface area contributed by atoms with Crippen molar-refractivity contribution in [3.05, 3.63) is 58.2 Å². The van der Waals surface area contributed by atoms with Crippen LogP contribution < -0.4 is 0 Å². The molecule has 106 valence electrons. The van der Waals surface area contributed by atoms with Crippen LogP contribution in [0.25, 0.3) is 5.57 Å². The Labute approximate surface area is 127 Å². The number of benzene rings is 1. The second-order valence-electron chi connectivity index (χ2n) is 4.53. The van der Waals surface area contributed by atoms with Gasteiger partial charge in [-0.25, -0.2) is 0 Å². The molecule has 1 unspecified atom stereocenters. The molecule has 0 aliphatic heterocycles.